The van der Waals surface area contributed by atoms with Crippen LogP contribution in [-0.4, -0.2) is 45.0 Å². The highest BCUT2D eigenvalue weighted by Gasteiger charge is 2.20. The molecule has 0 radical (unpaired) electrons. The van der Waals surface area contributed by atoms with Crippen LogP contribution >= 0.6 is 0 Å². The maximum absolute atomic E-state index is 11.7. The molecule has 0 bridgehead atoms. The number of aromatic nitrogens is 2. The third-order valence-corrected chi connectivity index (χ3v) is 2.25. The first-order valence-corrected chi connectivity index (χ1v) is 5.22. The molecule has 0 saturated heterocycles. The van der Waals surface area contributed by atoms with Gasteiger partial charge in [-0.2, -0.15) is 5.10 Å². The van der Waals surface area contributed by atoms with Crippen LogP contribution in [0.5, 0.6) is 0 Å². The largest absolute Gasteiger partial charge is 0.478 e. The first-order valence-electron chi connectivity index (χ1n) is 5.22. The van der Waals surface area contributed by atoms with Gasteiger partial charge in [0.25, 0.3) is 5.91 Å². The van der Waals surface area contributed by atoms with E-state index in [0.717, 1.165) is 6.20 Å². The van der Waals surface area contributed by atoms with Crippen molar-refractivity contribution in [3.8, 4) is 0 Å². The summed E-state index contributed by atoms with van der Waals surface area (Å²) in [7, 11) is 1.51. The Hall–Kier alpha value is -1.89. The molecule has 0 spiro atoms. The van der Waals surface area contributed by atoms with Crippen molar-refractivity contribution in [1.82, 2.24) is 15.1 Å². The number of hydrogen-bond donors (Lipinski definition) is 3. The average Bonchev–Trinajstić information content (AvgIpc) is 2.66. The molecule has 0 atom stereocenters. The van der Waals surface area contributed by atoms with Gasteiger partial charge in [-0.1, -0.05) is 0 Å². The quantitative estimate of drug-likeness (QED) is 0.589. The van der Waals surface area contributed by atoms with E-state index >= 15 is 0 Å². The molecule has 0 aliphatic heterocycles. The molecule has 1 aromatic heterocycles. The van der Waals surface area contributed by atoms with E-state index in [9.17, 15) is 9.59 Å². The van der Waals surface area contributed by atoms with Crippen LogP contribution in [0.2, 0.25) is 0 Å². The number of nitrogens with zero attached hydrogens (tertiary/aromatic N) is 2. The second-order valence-corrected chi connectivity index (χ2v) is 3.52. The molecule has 1 amide bonds. The van der Waals surface area contributed by atoms with Crippen LogP contribution in [0, 0.1) is 0 Å². The molecule has 17 heavy (non-hydrogen) atoms. The number of aliphatic hydroxyl groups is 1. The molecule has 0 aliphatic rings. The summed E-state index contributed by atoms with van der Waals surface area (Å²) in [5, 5.41) is 23.8. The minimum absolute atomic E-state index is 0.0292. The van der Waals surface area contributed by atoms with Crippen LogP contribution in [0.25, 0.3) is 0 Å². The lowest BCUT2D eigenvalue weighted by Crippen LogP contribution is -2.28. The first kappa shape index (κ1) is 13.2. The number of carboxylic acids is 1. The molecular weight excluding hydrogens is 226 g/mol. The molecule has 7 heteroatoms. The Bertz CT molecular complexity index is 414. The van der Waals surface area contributed by atoms with Crippen LogP contribution in [-0.2, 0) is 7.05 Å². The molecule has 0 unspecified atom stereocenters. The predicted octanol–water partition coefficient (Wildman–Crippen LogP) is -0.379. The van der Waals surface area contributed by atoms with Crippen molar-refractivity contribution in [3.63, 3.8) is 0 Å². The number of carbonyl (C=O) groups is 2. The Morgan fingerprint density at radius 2 is 2.18 bits per heavy atom. The molecular formula is C10H15N3O4. The summed E-state index contributed by atoms with van der Waals surface area (Å²) in [4.78, 5) is 22.6. The number of aromatic carboxylic acids is 1. The van der Waals surface area contributed by atoms with Crippen molar-refractivity contribution in [2.75, 3.05) is 13.2 Å². The van der Waals surface area contributed by atoms with Crippen molar-refractivity contribution in [3.05, 3.63) is 17.5 Å². The van der Waals surface area contributed by atoms with Gasteiger partial charge >= 0.3 is 5.97 Å². The van der Waals surface area contributed by atoms with Crippen LogP contribution in [0.1, 0.15) is 33.7 Å². The summed E-state index contributed by atoms with van der Waals surface area (Å²) in [6.45, 7) is 0.464. The van der Waals surface area contributed by atoms with Gasteiger partial charge in [-0.3, -0.25) is 9.48 Å². The van der Waals surface area contributed by atoms with Crippen LogP contribution in [0.3, 0.4) is 0 Å². The lowest BCUT2D eigenvalue weighted by molar-refractivity contribution is 0.0690. The Labute approximate surface area is 98.1 Å². The van der Waals surface area contributed by atoms with E-state index < -0.39 is 11.9 Å². The van der Waals surface area contributed by atoms with E-state index in [1.165, 1.54) is 11.7 Å². The molecule has 7 nitrogen and oxygen atoms in total. The highest BCUT2D eigenvalue weighted by Crippen LogP contribution is 2.07. The van der Waals surface area contributed by atoms with E-state index in [1.54, 1.807) is 0 Å². The average molecular weight is 241 g/mol. The van der Waals surface area contributed by atoms with Gasteiger partial charge in [-0.05, 0) is 12.8 Å². The number of hydrogen-bond acceptors (Lipinski definition) is 4. The number of aryl methyl sites for hydroxylation is 1. The minimum atomic E-state index is -1.18. The van der Waals surface area contributed by atoms with E-state index in [1.807, 2.05) is 0 Å². The monoisotopic (exact) mass is 241 g/mol. The Morgan fingerprint density at radius 1 is 1.47 bits per heavy atom. The lowest BCUT2D eigenvalue weighted by atomic mass is 10.2. The lowest BCUT2D eigenvalue weighted by Gasteiger charge is -2.05. The third-order valence-electron chi connectivity index (χ3n) is 2.25. The van der Waals surface area contributed by atoms with E-state index in [2.05, 4.69) is 10.4 Å². The Balaban J connectivity index is 2.68. The Morgan fingerprint density at radius 3 is 2.76 bits per heavy atom. The molecule has 0 aliphatic carbocycles. The smallest absolute Gasteiger partial charge is 0.339 e. The molecule has 0 saturated carbocycles. The number of amides is 1. The van der Waals surface area contributed by atoms with Gasteiger partial charge in [-0.15, -0.1) is 0 Å². The second kappa shape index (κ2) is 6.00. The fourth-order valence-electron chi connectivity index (χ4n) is 1.39. The molecule has 0 aromatic carbocycles. The highest BCUT2D eigenvalue weighted by atomic mass is 16.4. The number of nitrogens with one attached hydrogen (secondary N) is 1. The maximum atomic E-state index is 11.7. The molecule has 94 valence electrons. The SMILES string of the molecule is Cn1ncc(C(=O)O)c1C(=O)NCCCCO. The zero-order valence-corrected chi connectivity index (χ0v) is 9.51. The van der Waals surface area contributed by atoms with Crippen LogP contribution < -0.4 is 5.32 Å². The van der Waals surface area contributed by atoms with Gasteiger partial charge in [0.15, 0.2) is 0 Å². The standard InChI is InChI=1S/C10H15N3O4/c1-13-8(7(6-12-13)10(16)17)9(15)11-4-2-3-5-14/h6,14H,2-5H2,1H3,(H,11,15)(H,16,17). The fourth-order valence-corrected chi connectivity index (χ4v) is 1.39. The predicted molar refractivity (Wildman–Crippen MR) is 58.8 cm³/mol. The van der Waals surface area contributed by atoms with Crippen molar-refractivity contribution >= 4 is 11.9 Å². The van der Waals surface area contributed by atoms with E-state index in [-0.39, 0.29) is 17.9 Å². The topological polar surface area (TPSA) is 104 Å². The summed E-state index contributed by atoms with van der Waals surface area (Å²) < 4.78 is 1.23. The summed E-state index contributed by atoms with van der Waals surface area (Å²) in [6, 6.07) is 0. The first-order chi connectivity index (χ1) is 8.07. The Kier molecular flexibility index (Phi) is 4.65. The molecule has 0 fully saturated rings. The van der Waals surface area contributed by atoms with E-state index in [0.29, 0.717) is 19.4 Å². The van der Waals surface area contributed by atoms with Gasteiger partial charge in [0.1, 0.15) is 11.3 Å². The van der Waals surface area contributed by atoms with Gasteiger partial charge < -0.3 is 15.5 Å². The number of unbranched alkanes of at least 4 members (excludes halogenated alkanes) is 1. The summed E-state index contributed by atoms with van der Waals surface area (Å²) in [6.07, 6.45) is 2.38. The fraction of sp³-hybridized carbons (Fsp3) is 0.500. The minimum Gasteiger partial charge on any atom is -0.478 e. The van der Waals surface area contributed by atoms with Crippen LogP contribution in [0.15, 0.2) is 6.20 Å². The van der Waals surface area contributed by atoms with E-state index in [4.69, 9.17) is 10.2 Å². The van der Waals surface area contributed by atoms with Crippen molar-refractivity contribution in [2.45, 2.75) is 12.8 Å². The maximum Gasteiger partial charge on any atom is 0.339 e. The number of carbonyl (C=O) groups excluding carboxylic acids is 1. The van der Waals surface area contributed by atoms with Crippen molar-refractivity contribution < 1.29 is 19.8 Å². The summed E-state index contributed by atoms with van der Waals surface area (Å²) in [5.74, 6) is -1.65. The van der Waals surface area contributed by atoms with Gasteiger partial charge in [0, 0.05) is 20.2 Å². The van der Waals surface area contributed by atoms with Gasteiger partial charge in [0.05, 0.1) is 6.20 Å². The molecule has 1 heterocycles. The number of carboxylic acid groups (broad SMARTS) is 1. The van der Waals surface area contributed by atoms with Crippen LogP contribution in [0.4, 0.5) is 0 Å². The zero-order valence-electron chi connectivity index (χ0n) is 9.51. The van der Waals surface area contributed by atoms with Gasteiger partial charge in [0.2, 0.25) is 0 Å². The normalized spacial score (nSPS) is 10.2. The van der Waals surface area contributed by atoms with Gasteiger partial charge in [-0.25, -0.2) is 4.79 Å². The summed E-state index contributed by atoms with van der Waals surface area (Å²) in [5.41, 5.74) is -0.0892. The van der Waals surface area contributed by atoms with Crippen molar-refractivity contribution in [1.29, 1.82) is 0 Å². The summed E-state index contributed by atoms with van der Waals surface area (Å²) >= 11 is 0. The van der Waals surface area contributed by atoms with Crippen molar-refractivity contribution in [2.24, 2.45) is 7.05 Å². The number of rotatable bonds is 6. The zero-order chi connectivity index (χ0) is 12.8. The number of aliphatic hydroxyl groups excluding tert-OH is 1. The molecule has 1 aromatic rings. The second-order valence-electron chi connectivity index (χ2n) is 3.52. The molecule has 3 N–H and O–H groups in total. The highest BCUT2D eigenvalue weighted by molar-refractivity contribution is 6.03. The molecule has 1 rings (SSSR count). The third kappa shape index (κ3) is 3.28.